The summed E-state index contributed by atoms with van der Waals surface area (Å²) in [5, 5.41) is 6.14. The molecule has 2 aliphatic rings. The highest BCUT2D eigenvalue weighted by Crippen LogP contribution is 2.26. The first-order valence-corrected chi connectivity index (χ1v) is 10.6. The van der Waals surface area contributed by atoms with Crippen molar-refractivity contribution < 1.29 is 19.1 Å². The van der Waals surface area contributed by atoms with Crippen molar-refractivity contribution >= 4 is 29.0 Å². The third kappa shape index (κ3) is 4.34. The van der Waals surface area contributed by atoms with Gasteiger partial charge in [0.15, 0.2) is 5.78 Å². The van der Waals surface area contributed by atoms with E-state index < -0.39 is 6.04 Å². The molecule has 1 saturated heterocycles. The molecule has 0 saturated carbocycles. The monoisotopic (exact) mass is 434 g/mol. The van der Waals surface area contributed by atoms with Crippen molar-refractivity contribution in [2.24, 2.45) is 5.10 Å². The summed E-state index contributed by atoms with van der Waals surface area (Å²) in [7, 11) is 1.56. The number of ketones is 1. The second-order valence-electron chi connectivity index (χ2n) is 7.87. The van der Waals surface area contributed by atoms with Crippen LogP contribution >= 0.6 is 0 Å². The maximum Gasteiger partial charge on any atom is 0.270 e. The minimum atomic E-state index is -0.479. The molecule has 1 fully saturated rings. The summed E-state index contributed by atoms with van der Waals surface area (Å²) in [5.41, 5.74) is 1.72. The Bertz CT molecular complexity index is 1040. The summed E-state index contributed by atoms with van der Waals surface area (Å²) in [6.07, 6.45) is 0.284. The maximum absolute atomic E-state index is 13.1. The van der Waals surface area contributed by atoms with Gasteiger partial charge in [0, 0.05) is 38.2 Å². The van der Waals surface area contributed by atoms with Crippen LogP contribution in [0.2, 0.25) is 0 Å². The van der Waals surface area contributed by atoms with E-state index in [1.807, 2.05) is 30.3 Å². The summed E-state index contributed by atoms with van der Waals surface area (Å²) in [4.78, 5) is 41.6. The number of piperazine rings is 1. The second kappa shape index (κ2) is 9.21. The molecule has 2 aliphatic heterocycles. The highest BCUT2D eigenvalue weighted by Gasteiger charge is 2.36. The number of rotatable bonds is 5. The van der Waals surface area contributed by atoms with Crippen molar-refractivity contribution in [1.82, 2.24) is 9.80 Å². The number of nitrogens with zero attached hydrogens (tertiary/aromatic N) is 4. The topological polar surface area (TPSA) is 82.5 Å². The van der Waals surface area contributed by atoms with E-state index in [0.29, 0.717) is 43.2 Å². The van der Waals surface area contributed by atoms with Gasteiger partial charge in [-0.2, -0.15) is 5.10 Å². The number of Topliss-reactive ketones (excluding diaryl/α,β-unsaturated/α-hetero) is 1. The van der Waals surface area contributed by atoms with Gasteiger partial charge in [0.05, 0.1) is 12.8 Å². The van der Waals surface area contributed by atoms with E-state index in [-0.39, 0.29) is 24.0 Å². The van der Waals surface area contributed by atoms with Crippen molar-refractivity contribution in [3.05, 3.63) is 60.2 Å². The summed E-state index contributed by atoms with van der Waals surface area (Å²) >= 11 is 0. The van der Waals surface area contributed by atoms with Gasteiger partial charge in [0.2, 0.25) is 0 Å². The largest absolute Gasteiger partial charge is 0.497 e. The molecule has 8 heteroatoms. The minimum Gasteiger partial charge on any atom is -0.497 e. The minimum absolute atomic E-state index is 0.0332. The normalized spacial score (nSPS) is 18.4. The van der Waals surface area contributed by atoms with Crippen LogP contribution in [0.5, 0.6) is 5.75 Å². The first kappa shape index (κ1) is 21.5. The molecule has 0 aliphatic carbocycles. The van der Waals surface area contributed by atoms with Gasteiger partial charge in [0.1, 0.15) is 17.5 Å². The van der Waals surface area contributed by atoms with Crippen LogP contribution in [0.1, 0.15) is 23.7 Å². The molecule has 0 radical (unpaired) electrons. The van der Waals surface area contributed by atoms with Gasteiger partial charge in [-0.1, -0.05) is 24.3 Å². The lowest BCUT2D eigenvalue weighted by Crippen LogP contribution is -2.52. The second-order valence-corrected chi connectivity index (χ2v) is 7.87. The Morgan fingerprint density at radius 3 is 2.19 bits per heavy atom. The number of ether oxygens (including phenoxy) is 1. The molecule has 4 rings (SSSR count). The highest BCUT2D eigenvalue weighted by atomic mass is 16.5. The Kier molecular flexibility index (Phi) is 6.20. The van der Waals surface area contributed by atoms with Crippen LogP contribution < -0.4 is 9.75 Å². The molecule has 2 aromatic carbocycles. The Balaban J connectivity index is 1.42. The molecule has 0 N–H and O–H groups in total. The van der Waals surface area contributed by atoms with Crippen molar-refractivity contribution in [2.75, 3.05) is 38.3 Å². The molecule has 2 amide bonds. The highest BCUT2D eigenvalue weighted by molar-refractivity contribution is 6.40. The zero-order valence-corrected chi connectivity index (χ0v) is 18.2. The zero-order valence-electron chi connectivity index (χ0n) is 18.2. The maximum atomic E-state index is 13.1. The molecule has 166 valence electrons. The van der Waals surface area contributed by atoms with Crippen LogP contribution in [0.3, 0.4) is 0 Å². The predicted molar refractivity (Wildman–Crippen MR) is 121 cm³/mol. The first-order valence-electron chi connectivity index (χ1n) is 10.6. The molecule has 1 unspecified atom stereocenters. The molecule has 0 aromatic heterocycles. The number of carbonyl (C=O) groups excluding carboxylic acids is 3. The van der Waals surface area contributed by atoms with Gasteiger partial charge in [-0.05, 0) is 37.3 Å². The number of anilines is 1. The summed E-state index contributed by atoms with van der Waals surface area (Å²) in [6.45, 7) is 3.24. The Labute approximate surface area is 187 Å². The number of hydrazone groups is 1. The van der Waals surface area contributed by atoms with E-state index in [2.05, 4.69) is 5.10 Å². The molecule has 8 nitrogen and oxygen atoms in total. The third-order valence-corrected chi connectivity index (χ3v) is 5.82. The van der Waals surface area contributed by atoms with Crippen LogP contribution in [0.25, 0.3) is 0 Å². The quantitative estimate of drug-likeness (QED) is 0.721. The fraction of sp³-hybridized carbons (Fsp3) is 0.333. The van der Waals surface area contributed by atoms with Crippen LogP contribution in [0.4, 0.5) is 5.69 Å². The zero-order chi connectivity index (χ0) is 22.7. The Morgan fingerprint density at radius 1 is 0.906 bits per heavy atom. The van der Waals surface area contributed by atoms with E-state index in [1.54, 1.807) is 46.2 Å². The first-order chi connectivity index (χ1) is 15.5. The van der Waals surface area contributed by atoms with Gasteiger partial charge in [-0.15, -0.1) is 0 Å². The standard InChI is InChI=1S/C24H26N4O4/c1-17(29)22-16-21(25-28(22)19-8-4-3-5-9-19)24(31)27-13-11-26(12-14-27)23(30)18-7-6-10-20(15-18)32-2/h3-10,15,22H,11-14,16H2,1-2H3. The van der Waals surface area contributed by atoms with E-state index in [4.69, 9.17) is 4.74 Å². The number of benzene rings is 2. The molecule has 0 bridgehead atoms. The number of para-hydroxylation sites is 1. The molecule has 1 atom stereocenters. The molecule has 2 heterocycles. The number of methoxy groups -OCH3 is 1. The van der Waals surface area contributed by atoms with Crippen LogP contribution in [-0.2, 0) is 9.59 Å². The fourth-order valence-electron chi connectivity index (χ4n) is 4.01. The Hall–Kier alpha value is -3.68. The number of amides is 2. The number of carbonyl (C=O) groups is 3. The average Bonchev–Trinajstić information content (AvgIpc) is 3.30. The summed E-state index contributed by atoms with van der Waals surface area (Å²) in [5.74, 6) is 0.338. The summed E-state index contributed by atoms with van der Waals surface area (Å²) < 4.78 is 5.20. The van der Waals surface area contributed by atoms with Crippen molar-refractivity contribution in [3.8, 4) is 5.75 Å². The smallest absolute Gasteiger partial charge is 0.270 e. The lowest BCUT2D eigenvalue weighted by atomic mass is 10.1. The van der Waals surface area contributed by atoms with Crippen LogP contribution in [0, 0.1) is 0 Å². The number of hydrogen-bond acceptors (Lipinski definition) is 6. The number of hydrogen-bond donors (Lipinski definition) is 0. The predicted octanol–water partition coefficient (Wildman–Crippen LogP) is 2.20. The van der Waals surface area contributed by atoms with E-state index in [9.17, 15) is 14.4 Å². The van der Waals surface area contributed by atoms with Crippen molar-refractivity contribution in [2.45, 2.75) is 19.4 Å². The SMILES string of the molecule is COc1cccc(C(=O)N2CCN(C(=O)C3=NN(c4ccccc4)C(C(C)=O)C3)CC2)c1. The average molecular weight is 434 g/mol. The molecular weight excluding hydrogens is 408 g/mol. The fourth-order valence-corrected chi connectivity index (χ4v) is 4.01. The van der Waals surface area contributed by atoms with Crippen LogP contribution in [0.15, 0.2) is 59.7 Å². The van der Waals surface area contributed by atoms with E-state index in [1.165, 1.54) is 6.92 Å². The van der Waals surface area contributed by atoms with Gasteiger partial charge >= 0.3 is 0 Å². The van der Waals surface area contributed by atoms with E-state index >= 15 is 0 Å². The van der Waals surface area contributed by atoms with Crippen LogP contribution in [-0.4, -0.2) is 72.4 Å². The van der Waals surface area contributed by atoms with Gasteiger partial charge in [-0.25, -0.2) is 0 Å². The molecule has 0 spiro atoms. The van der Waals surface area contributed by atoms with Gasteiger partial charge in [0.25, 0.3) is 11.8 Å². The lowest BCUT2D eigenvalue weighted by Gasteiger charge is -2.34. The van der Waals surface area contributed by atoms with Crippen molar-refractivity contribution in [3.63, 3.8) is 0 Å². The third-order valence-electron chi connectivity index (χ3n) is 5.82. The van der Waals surface area contributed by atoms with E-state index in [0.717, 1.165) is 5.69 Å². The molecule has 2 aromatic rings. The summed E-state index contributed by atoms with van der Waals surface area (Å²) in [6, 6.07) is 16.0. The Morgan fingerprint density at radius 2 is 1.56 bits per heavy atom. The van der Waals surface area contributed by atoms with Crippen molar-refractivity contribution in [1.29, 1.82) is 0 Å². The molecule has 32 heavy (non-hydrogen) atoms. The molecular formula is C24H26N4O4. The van der Waals surface area contributed by atoms with Gasteiger partial charge < -0.3 is 14.5 Å². The lowest BCUT2D eigenvalue weighted by molar-refractivity contribution is -0.125. The van der Waals surface area contributed by atoms with Gasteiger partial charge in [-0.3, -0.25) is 19.4 Å².